The van der Waals surface area contributed by atoms with E-state index in [2.05, 4.69) is 5.32 Å². The molecule has 1 aliphatic carbocycles. The van der Waals surface area contributed by atoms with Gasteiger partial charge in [-0.15, -0.1) is 0 Å². The van der Waals surface area contributed by atoms with Crippen molar-refractivity contribution in [3.63, 3.8) is 0 Å². The number of hydrogen-bond acceptors (Lipinski definition) is 2. The number of nitrogens with one attached hydrogen (secondary N) is 1. The topological polar surface area (TPSA) is 49.3 Å². The molecule has 1 aliphatic rings. The van der Waals surface area contributed by atoms with E-state index in [4.69, 9.17) is 0 Å². The Hall–Kier alpha value is -1.35. The van der Waals surface area contributed by atoms with Crippen LogP contribution in [0, 0.1) is 11.8 Å². The third-order valence-corrected chi connectivity index (χ3v) is 3.92. The molecule has 1 aromatic carbocycles. The number of amides is 1. The van der Waals surface area contributed by atoms with Crippen molar-refractivity contribution in [1.82, 2.24) is 5.32 Å². The van der Waals surface area contributed by atoms with Crippen LogP contribution in [0.2, 0.25) is 0 Å². The smallest absolute Gasteiger partial charge is 0.223 e. The predicted octanol–water partition coefficient (Wildman–Crippen LogP) is 2.05. The second-order valence-corrected chi connectivity index (χ2v) is 5.49. The molecule has 0 saturated heterocycles. The van der Waals surface area contributed by atoms with E-state index in [9.17, 15) is 9.90 Å². The molecule has 2 N–H and O–H groups in total. The summed E-state index contributed by atoms with van der Waals surface area (Å²) in [6.45, 7) is 5.99. The van der Waals surface area contributed by atoms with E-state index in [-0.39, 0.29) is 17.9 Å². The van der Waals surface area contributed by atoms with Gasteiger partial charge < -0.3 is 10.4 Å². The molecule has 0 radical (unpaired) electrons. The molecule has 18 heavy (non-hydrogen) atoms. The molecular formula is C15H21NO2. The van der Waals surface area contributed by atoms with Crippen LogP contribution in [0.4, 0.5) is 0 Å². The summed E-state index contributed by atoms with van der Waals surface area (Å²) in [7, 11) is 0. The minimum atomic E-state index is -0.509. The first-order valence-electron chi connectivity index (χ1n) is 6.57. The predicted molar refractivity (Wildman–Crippen MR) is 71.0 cm³/mol. The zero-order valence-corrected chi connectivity index (χ0v) is 11.2. The van der Waals surface area contributed by atoms with Gasteiger partial charge in [-0.3, -0.25) is 4.79 Å². The van der Waals surface area contributed by atoms with Crippen molar-refractivity contribution in [3.8, 4) is 0 Å². The number of benzene rings is 1. The minimum absolute atomic E-state index is 0.0192. The fourth-order valence-corrected chi connectivity index (χ4v) is 2.34. The van der Waals surface area contributed by atoms with Crippen molar-refractivity contribution >= 4 is 5.91 Å². The van der Waals surface area contributed by atoms with Crippen LogP contribution in [0.3, 0.4) is 0 Å². The molecule has 0 heterocycles. The summed E-state index contributed by atoms with van der Waals surface area (Å²) in [5.74, 6) is 0.287. The van der Waals surface area contributed by atoms with Gasteiger partial charge in [-0.05, 0) is 17.0 Å². The molecule has 3 nitrogen and oxygen atoms in total. The molecule has 0 fully saturated rings. The van der Waals surface area contributed by atoms with Crippen molar-refractivity contribution in [3.05, 3.63) is 35.4 Å². The Bertz CT molecular complexity index is 442. The lowest BCUT2D eigenvalue weighted by Crippen LogP contribution is -2.38. The summed E-state index contributed by atoms with van der Waals surface area (Å²) in [4.78, 5) is 12.1. The largest absolute Gasteiger partial charge is 0.390 e. The van der Waals surface area contributed by atoms with Gasteiger partial charge in [-0.1, -0.05) is 45.0 Å². The van der Waals surface area contributed by atoms with Crippen molar-refractivity contribution in [2.24, 2.45) is 11.8 Å². The second-order valence-electron chi connectivity index (χ2n) is 5.49. The fourth-order valence-electron chi connectivity index (χ4n) is 2.34. The molecule has 0 aromatic heterocycles. The number of fused-ring (bicyclic) bond motifs is 1. The van der Waals surface area contributed by atoms with Crippen LogP contribution < -0.4 is 5.32 Å². The van der Waals surface area contributed by atoms with E-state index < -0.39 is 6.10 Å². The van der Waals surface area contributed by atoms with E-state index in [1.165, 1.54) is 0 Å². The average molecular weight is 247 g/mol. The van der Waals surface area contributed by atoms with Gasteiger partial charge in [0.05, 0.1) is 12.1 Å². The number of aliphatic hydroxyl groups excluding tert-OH is 1. The first kappa shape index (κ1) is 13.1. The number of aliphatic hydroxyl groups is 1. The van der Waals surface area contributed by atoms with Crippen molar-refractivity contribution in [2.75, 3.05) is 0 Å². The number of rotatable bonds is 3. The molecule has 1 unspecified atom stereocenters. The van der Waals surface area contributed by atoms with Crippen LogP contribution in [0.1, 0.15) is 37.9 Å². The van der Waals surface area contributed by atoms with Gasteiger partial charge in [0, 0.05) is 12.3 Å². The van der Waals surface area contributed by atoms with Crippen LogP contribution in [0.5, 0.6) is 0 Å². The van der Waals surface area contributed by atoms with Crippen LogP contribution in [-0.2, 0) is 11.2 Å². The SMILES string of the molecule is CC(C)C(C)C(=O)N[C@H]1c2ccccc2C[C@H]1O. The molecule has 98 valence electrons. The maximum absolute atomic E-state index is 12.1. The maximum Gasteiger partial charge on any atom is 0.223 e. The molecule has 1 aromatic rings. The second kappa shape index (κ2) is 5.11. The molecule has 2 rings (SSSR count). The van der Waals surface area contributed by atoms with E-state index in [1.807, 2.05) is 45.0 Å². The highest BCUT2D eigenvalue weighted by Gasteiger charge is 2.33. The monoisotopic (exact) mass is 247 g/mol. The lowest BCUT2D eigenvalue weighted by molar-refractivity contribution is -0.127. The van der Waals surface area contributed by atoms with Gasteiger partial charge in [-0.25, -0.2) is 0 Å². The lowest BCUT2D eigenvalue weighted by atomic mass is 9.96. The summed E-state index contributed by atoms with van der Waals surface area (Å²) in [6.07, 6.45) is 0.114. The molecule has 3 atom stereocenters. The van der Waals surface area contributed by atoms with Gasteiger partial charge in [0.15, 0.2) is 0 Å². The van der Waals surface area contributed by atoms with Gasteiger partial charge >= 0.3 is 0 Å². The van der Waals surface area contributed by atoms with Gasteiger partial charge in [0.2, 0.25) is 5.91 Å². The van der Waals surface area contributed by atoms with E-state index in [1.54, 1.807) is 0 Å². The normalized spacial score (nSPS) is 23.8. The highest BCUT2D eigenvalue weighted by molar-refractivity contribution is 5.79. The average Bonchev–Trinajstić information content (AvgIpc) is 2.65. The first-order valence-corrected chi connectivity index (χ1v) is 6.57. The van der Waals surface area contributed by atoms with E-state index in [0.717, 1.165) is 11.1 Å². The molecule has 0 saturated carbocycles. The quantitative estimate of drug-likeness (QED) is 0.859. The molecule has 0 spiro atoms. The van der Waals surface area contributed by atoms with E-state index >= 15 is 0 Å². The molecule has 1 amide bonds. The number of carbonyl (C=O) groups excluding carboxylic acids is 1. The van der Waals surface area contributed by atoms with Gasteiger partial charge in [-0.2, -0.15) is 0 Å². The molecule has 3 heteroatoms. The number of carbonyl (C=O) groups is 1. The Balaban J connectivity index is 2.13. The van der Waals surface area contributed by atoms with Crippen molar-refractivity contribution in [1.29, 1.82) is 0 Å². The number of hydrogen-bond donors (Lipinski definition) is 2. The third kappa shape index (κ3) is 2.41. The van der Waals surface area contributed by atoms with Crippen molar-refractivity contribution in [2.45, 2.75) is 39.3 Å². The third-order valence-electron chi connectivity index (χ3n) is 3.92. The lowest BCUT2D eigenvalue weighted by Gasteiger charge is -2.22. The highest BCUT2D eigenvalue weighted by atomic mass is 16.3. The fraction of sp³-hybridized carbons (Fsp3) is 0.533. The van der Waals surface area contributed by atoms with Crippen LogP contribution in [-0.4, -0.2) is 17.1 Å². The first-order chi connectivity index (χ1) is 8.50. The maximum atomic E-state index is 12.1. The Kier molecular flexibility index (Phi) is 3.71. The zero-order valence-electron chi connectivity index (χ0n) is 11.2. The Morgan fingerprint density at radius 3 is 2.67 bits per heavy atom. The Morgan fingerprint density at radius 2 is 2.00 bits per heavy atom. The summed E-state index contributed by atoms with van der Waals surface area (Å²) in [6, 6.07) is 7.65. The van der Waals surface area contributed by atoms with Gasteiger partial charge in [0.25, 0.3) is 0 Å². The highest BCUT2D eigenvalue weighted by Crippen LogP contribution is 2.31. The van der Waals surface area contributed by atoms with Crippen LogP contribution in [0.15, 0.2) is 24.3 Å². The molecule has 0 aliphatic heterocycles. The summed E-state index contributed by atoms with van der Waals surface area (Å²) >= 11 is 0. The van der Waals surface area contributed by atoms with Crippen LogP contribution in [0.25, 0.3) is 0 Å². The van der Waals surface area contributed by atoms with Gasteiger partial charge in [0.1, 0.15) is 0 Å². The van der Waals surface area contributed by atoms with E-state index in [0.29, 0.717) is 12.3 Å². The molecular weight excluding hydrogens is 226 g/mol. The minimum Gasteiger partial charge on any atom is -0.390 e. The summed E-state index contributed by atoms with van der Waals surface area (Å²) in [5.41, 5.74) is 2.18. The van der Waals surface area contributed by atoms with Crippen LogP contribution >= 0.6 is 0 Å². The zero-order chi connectivity index (χ0) is 13.3. The standard InChI is InChI=1S/C15H21NO2/c1-9(2)10(3)15(18)16-14-12-7-5-4-6-11(12)8-13(14)17/h4-7,9-10,13-14,17H,8H2,1-3H3,(H,16,18)/t10?,13-,14+/m1/s1. The summed E-state index contributed by atoms with van der Waals surface area (Å²) < 4.78 is 0. The summed E-state index contributed by atoms with van der Waals surface area (Å²) in [5, 5.41) is 13.0. The Labute approximate surface area is 108 Å². The van der Waals surface area contributed by atoms with Crippen molar-refractivity contribution < 1.29 is 9.90 Å². The Morgan fingerprint density at radius 1 is 1.33 bits per heavy atom. The molecule has 0 bridgehead atoms.